The van der Waals surface area contributed by atoms with Crippen molar-refractivity contribution in [1.82, 2.24) is 14.9 Å². The summed E-state index contributed by atoms with van der Waals surface area (Å²) in [6.07, 6.45) is 1.78. The zero-order chi connectivity index (χ0) is 21.8. The van der Waals surface area contributed by atoms with Crippen LogP contribution in [0.2, 0.25) is 0 Å². The van der Waals surface area contributed by atoms with Crippen LogP contribution in [0, 0.1) is 11.9 Å². The van der Waals surface area contributed by atoms with Crippen LogP contribution in [0.15, 0.2) is 76.3 Å². The molecule has 0 saturated carbocycles. The van der Waals surface area contributed by atoms with Crippen LogP contribution in [0.5, 0.6) is 5.75 Å². The van der Waals surface area contributed by atoms with Crippen molar-refractivity contribution in [2.75, 3.05) is 0 Å². The molecule has 0 aliphatic carbocycles. The second-order valence-corrected chi connectivity index (χ2v) is 10.1. The van der Waals surface area contributed by atoms with Gasteiger partial charge in [0.15, 0.2) is 5.82 Å². The van der Waals surface area contributed by atoms with Gasteiger partial charge >= 0.3 is 0 Å². The molecule has 4 aromatic rings. The third kappa shape index (κ3) is 5.62. The largest absolute Gasteiger partial charge is 0.487 e. The highest BCUT2D eigenvalue weighted by Crippen LogP contribution is 2.29. The van der Waals surface area contributed by atoms with Crippen LogP contribution in [-0.2, 0) is 6.61 Å². The van der Waals surface area contributed by atoms with Crippen molar-refractivity contribution < 1.29 is 4.74 Å². The van der Waals surface area contributed by atoms with Gasteiger partial charge in [0, 0.05) is 10.0 Å². The lowest BCUT2D eigenvalue weighted by atomic mass is 10.2. The molecule has 0 saturated heterocycles. The first-order valence-corrected chi connectivity index (χ1v) is 12.5. The SMILES string of the molecule is S=c1[nH]nc(-c2ccccc2)n1/N=C\c1cc(I)c(OCc2ccc(Br)cc2)c(I)c1. The van der Waals surface area contributed by atoms with E-state index in [0.717, 1.165) is 34.1 Å². The Kier molecular flexibility index (Phi) is 7.56. The van der Waals surface area contributed by atoms with Gasteiger partial charge in [0.1, 0.15) is 12.4 Å². The van der Waals surface area contributed by atoms with E-state index in [1.54, 1.807) is 10.9 Å². The summed E-state index contributed by atoms with van der Waals surface area (Å²) < 4.78 is 11.2. The lowest BCUT2D eigenvalue weighted by Gasteiger charge is -2.11. The van der Waals surface area contributed by atoms with E-state index >= 15 is 0 Å². The van der Waals surface area contributed by atoms with Crippen molar-refractivity contribution in [3.63, 3.8) is 0 Å². The second-order valence-electron chi connectivity index (χ2n) is 6.50. The zero-order valence-electron chi connectivity index (χ0n) is 15.9. The average molecular weight is 717 g/mol. The molecule has 1 N–H and O–H groups in total. The van der Waals surface area contributed by atoms with Gasteiger partial charge in [0.2, 0.25) is 4.77 Å². The highest BCUT2D eigenvalue weighted by Gasteiger charge is 2.10. The second kappa shape index (κ2) is 10.4. The molecule has 0 amide bonds. The first kappa shape index (κ1) is 22.6. The van der Waals surface area contributed by atoms with Gasteiger partial charge in [0.25, 0.3) is 0 Å². The van der Waals surface area contributed by atoms with Gasteiger partial charge in [0.05, 0.1) is 13.4 Å². The molecule has 4 rings (SSSR count). The number of nitrogens with zero attached hydrogens (tertiary/aromatic N) is 3. The Morgan fingerprint density at radius 1 is 1.06 bits per heavy atom. The van der Waals surface area contributed by atoms with Crippen molar-refractivity contribution in [2.45, 2.75) is 6.61 Å². The van der Waals surface area contributed by atoms with Gasteiger partial charge in [-0.25, -0.2) is 5.10 Å². The average Bonchev–Trinajstić information content (AvgIpc) is 3.14. The van der Waals surface area contributed by atoms with E-state index in [4.69, 9.17) is 17.0 Å². The summed E-state index contributed by atoms with van der Waals surface area (Å²) in [5.74, 6) is 1.53. The summed E-state index contributed by atoms with van der Waals surface area (Å²) in [7, 11) is 0. The standard InChI is InChI=1S/C22H15BrI2N4OS/c23-17-8-6-14(7-9-17)13-30-20-18(24)10-15(11-19(20)25)12-26-29-21(27-28-22(29)31)16-4-2-1-3-5-16/h1-12H,13H2,(H,28,31)/b26-12-. The topological polar surface area (TPSA) is 55.2 Å². The molecule has 1 aromatic heterocycles. The fraction of sp³-hybridized carbons (Fsp3) is 0.0455. The molecule has 0 spiro atoms. The van der Waals surface area contributed by atoms with Gasteiger partial charge in [-0.05, 0) is 92.8 Å². The molecule has 0 aliphatic rings. The number of benzene rings is 3. The number of rotatable bonds is 6. The number of H-pyrrole nitrogens is 1. The molecule has 0 aliphatic heterocycles. The molecule has 0 radical (unpaired) electrons. The molecule has 3 aromatic carbocycles. The minimum Gasteiger partial charge on any atom is -0.487 e. The Bertz CT molecular complexity index is 1260. The van der Waals surface area contributed by atoms with Crippen LogP contribution in [0.1, 0.15) is 11.1 Å². The molecule has 156 valence electrons. The zero-order valence-corrected chi connectivity index (χ0v) is 22.6. The van der Waals surface area contributed by atoms with Crippen LogP contribution in [0.4, 0.5) is 0 Å². The highest BCUT2D eigenvalue weighted by atomic mass is 127. The van der Waals surface area contributed by atoms with E-state index < -0.39 is 0 Å². The first-order valence-electron chi connectivity index (χ1n) is 9.15. The van der Waals surface area contributed by atoms with E-state index in [2.05, 4.69) is 76.4 Å². The molecule has 0 fully saturated rings. The van der Waals surface area contributed by atoms with Crippen LogP contribution in [0.3, 0.4) is 0 Å². The Hall–Kier alpha value is -1.57. The number of nitrogens with one attached hydrogen (secondary N) is 1. The van der Waals surface area contributed by atoms with Crippen molar-refractivity contribution in [3.05, 3.63) is 94.2 Å². The number of hydrogen-bond donors (Lipinski definition) is 1. The monoisotopic (exact) mass is 716 g/mol. The van der Waals surface area contributed by atoms with Crippen molar-refractivity contribution in [1.29, 1.82) is 0 Å². The van der Waals surface area contributed by atoms with Gasteiger partial charge < -0.3 is 4.74 Å². The summed E-state index contributed by atoms with van der Waals surface area (Å²) in [4.78, 5) is 0. The Labute approximate surface area is 220 Å². The van der Waals surface area contributed by atoms with Gasteiger partial charge in [-0.1, -0.05) is 58.4 Å². The molecule has 31 heavy (non-hydrogen) atoms. The summed E-state index contributed by atoms with van der Waals surface area (Å²) in [5, 5.41) is 11.7. The Balaban J connectivity index is 1.55. The summed E-state index contributed by atoms with van der Waals surface area (Å²) in [5.41, 5.74) is 3.00. The summed E-state index contributed by atoms with van der Waals surface area (Å²) >= 11 is 13.4. The van der Waals surface area contributed by atoms with Crippen LogP contribution in [-0.4, -0.2) is 21.1 Å². The first-order chi connectivity index (χ1) is 15.0. The highest BCUT2D eigenvalue weighted by molar-refractivity contribution is 14.1. The fourth-order valence-corrected chi connectivity index (χ4v) is 5.40. The molecule has 0 unspecified atom stereocenters. The lowest BCUT2D eigenvalue weighted by Crippen LogP contribution is -2.01. The van der Waals surface area contributed by atoms with Gasteiger partial charge in [-0.15, -0.1) is 0 Å². The maximum atomic E-state index is 6.08. The minimum absolute atomic E-state index is 0.439. The third-order valence-corrected chi connectivity index (χ3v) is 6.72. The summed E-state index contributed by atoms with van der Waals surface area (Å²) in [6, 6.07) is 22.0. The molecule has 1 heterocycles. The minimum atomic E-state index is 0.439. The number of halogens is 3. The molecule has 9 heteroatoms. The van der Waals surface area contributed by atoms with E-state index in [-0.39, 0.29) is 0 Å². The maximum Gasteiger partial charge on any atom is 0.216 e. The predicted molar refractivity (Wildman–Crippen MR) is 146 cm³/mol. The van der Waals surface area contributed by atoms with Crippen molar-refractivity contribution >= 4 is 79.5 Å². The van der Waals surface area contributed by atoms with E-state index in [9.17, 15) is 0 Å². The van der Waals surface area contributed by atoms with E-state index in [1.807, 2.05) is 66.7 Å². The quantitative estimate of drug-likeness (QED) is 0.132. The Morgan fingerprint density at radius 2 is 1.74 bits per heavy atom. The van der Waals surface area contributed by atoms with E-state index in [1.165, 1.54) is 0 Å². The normalized spacial score (nSPS) is 11.2. The molecule has 0 bridgehead atoms. The van der Waals surface area contributed by atoms with Gasteiger partial charge in [-0.2, -0.15) is 14.9 Å². The van der Waals surface area contributed by atoms with E-state index in [0.29, 0.717) is 17.2 Å². The number of hydrogen-bond acceptors (Lipinski definition) is 4. The maximum absolute atomic E-state index is 6.08. The van der Waals surface area contributed by atoms with Crippen molar-refractivity contribution in [2.24, 2.45) is 5.10 Å². The van der Waals surface area contributed by atoms with Crippen molar-refractivity contribution in [3.8, 4) is 17.1 Å². The smallest absolute Gasteiger partial charge is 0.216 e. The molecule has 0 atom stereocenters. The predicted octanol–water partition coefficient (Wildman–Crippen LogP) is 7.04. The molecular formula is C22H15BrI2N4OS. The third-order valence-electron chi connectivity index (χ3n) is 4.32. The Morgan fingerprint density at radius 3 is 2.42 bits per heavy atom. The summed E-state index contributed by atoms with van der Waals surface area (Å²) in [6.45, 7) is 0.511. The lowest BCUT2D eigenvalue weighted by molar-refractivity contribution is 0.301. The fourth-order valence-electron chi connectivity index (χ4n) is 2.83. The molecular weight excluding hydrogens is 702 g/mol. The van der Waals surface area contributed by atoms with Crippen LogP contribution >= 0.6 is 73.3 Å². The number of ether oxygens (including phenoxy) is 1. The molecule has 5 nitrogen and oxygen atoms in total. The van der Waals surface area contributed by atoms with Crippen LogP contribution in [0.25, 0.3) is 11.4 Å². The number of aromatic nitrogens is 3. The van der Waals surface area contributed by atoms with Crippen LogP contribution < -0.4 is 4.74 Å². The number of aromatic amines is 1. The van der Waals surface area contributed by atoms with Gasteiger partial charge in [-0.3, -0.25) is 0 Å².